The highest BCUT2D eigenvalue weighted by atomic mass is 32.1. The molecule has 0 bridgehead atoms. The fourth-order valence-electron chi connectivity index (χ4n) is 1.07. The highest BCUT2D eigenvalue weighted by molar-refractivity contribution is 7.15. The van der Waals surface area contributed by atoms with Gasteiger partial charge in [-0.15, -0.1) is 11.3 Å². The summed E-state index contributed by atoms with van der Waals surface area (Å²) in [6.45, 7) is 7.57. The minimum Gasteiger partial charge on any atom is -0.345 e. The van der Waals surface area contributed by atoms with Crippen LogP contribution < -0.4 is 10.6 Å². The lowest BCUT2D eigenvalue weighted by molar-refractivity contribution is -0.136. The standard InChI is InChI=1S/C11H17N3O2S/c1-5-6(2)12-9(15)10(16)14-11-13-7(3)8(4)17-11/h6H,5H2,1-4H3,(H,12,15)(H,13,14,16). The third-order valence-electron chi connectivity index (χ3n) is 2.45. The third kappa shape index (κ3) is 3.81. The average molecular weight is 255 g/mol. The van der Waals surface area contributed by atoms with Gasteiger partial charge in [0.1, 0.15) is 0 Å². The Morgan fingerprint density at radius 2 is 2.00 bits per heavy atom. The summed E-state index contributed by atoms with van der Waals surface area (Å²) < 4.78 is 0. The number of anilines is 1. The topological polar surface area (TPSA) is 71.1 Å². The number of carbonyl (C=O) groups is 2. The second-order valence-electron chi connectivity index (χ2n) is 3.90. The molecule has 0 spiro atoms. The maximum atomic E-state index is 11.5. The van der Waals surface area contributed by atoms with Crippen molar-refractivity contribution in [1.82, 2.24) is 10.3 Å². The van der Waals surface area contributed by atoms with Crippen molar-refractivity contribution in [3.8, 4) is 0 Å². The molecule has 0 aliphatic heterocycles. The zero-order valence-electron chi connectivity index (χ0n) is 10.5. The summed E-state index contributed by atoms with van der Waals surface area (Å²) in [5.74, 6) is -1.29. The highest BCUT2D eigenvalue weighted by Gasteiger charge is 2.17. The Labute approximate surface area is 105 Å². The molecule has 0 fully saturated rings. The van der Waals surface area contributed by atoms with Gasteiger partial charge in [0.25, 0.3) is 0 Å². The predicted molar refractivity (Wildman–Crippen MR) is 68.1 cm³/mol. The molecule has 6 heteroatoms. The van der Waals surface area contributed by atoms with Gasteiger partial charge in [0.15, 0.2) is 5.13 Å². The van der Waals surface area contributed by atoms with Crippen molar-refractivity contribution in [2.75, 3.05) is 5.32 Å². The quantitative estimate of drug-likeness (QED) is 0.806. The molecular formula is C11H17N3O2S. The number of nitrogens with one attached hydrogen (secondary N) is 2. The van der Waals surface area contributed by atoms with Crippen LogP contribution in [-0.2, 0) is 9.59 Å². The lowest BCUT2D eigenvalue weighted by atomic mass is 10.2. The molecule has 1 aromatic heterocycles. The molecule has 0 saturated carbocycles. The van der Waals surface area contributed by atoms with E-state index in [9.17, 15) is 9.59 Å². The molecule has 1 unspecified atom stereocenters. The number of amides is 2. The molecule has 1 atom stereocenters. The van der Waals surface area contributed by atoms with Crippen LogP contribution in [0.1, 0.15) is 30.8 Å². The Kier molecular flexibility index (Phi) is 4.62. The van der Waals surface area contributed by atoms with E-state index in [4.69, 9.17) is 0 Å². The van der Waals surface area contributed by atoms with E-state index in [1.807, 2.05) is 27.7 Å². The molecule has 0 radical (unpaired) electrons. The molecule has 1 heterocycles. The number of rotatable bonds is 3. The van der Waals surface area contributed by atoms with Gasteiger partial charge in [-0.1, -0.05) is 6.92 Å². The second-order valence-corrected chi connectivity index (χ2v) is 5.10. The number of thiazole rings is 1. The van der Waals surface area contributed by atoms with Crippen LogP contribution in [0.2, 0.25) is 0 Å². The average Bonchev–Trinajstić information content (AvgIpc) is 2.57. The van der Waals surface area contributed by atoms with Gasteiger partial charge >= 0.3 is 11.8 Å². The Bertz CT molecular complexity index is 409. The first-order valence-corrected chi connectivity index (χ1v) is 6.31. The number of aryl methyl sites for hydroxylation is 2. The van der Waals surface area contributed by atoms with Gasteiger partial charge in [-0.3, -0.25) is 14.9 Å². The van der Waals surface area contributed by atoms with E-state index >= 15 is 0 Å². The van der Waals surface area contributed by atoms with Gasteiger partial charge in [-0.05, 0) is 27.2 Å². The first-order valence-electron chi connectivity index (χ1n) is 5.50. The van der Waals surface area contributed by atoms with Gasteiger partial charge in [-0.25, -0.2) is 4.98 Å². The van der Waals surface area contributed by atoms with Crippen molar-refractivity contribution in [1.29, 1.82) is 0 Å². The number of aromatic nitrogens is 1. The van der Waals surface area contributed by atoms with Gasteiger partial charge < -0.3 is 5.32 Å². The van der Waals surface area contributed by atoms with Crippen molar-refractivity contribution < 1.29 is 9.59 Å². The molecule has 1 aromatic rings. The van der Waals surface area contributed by atoms with E-state index < -0.39 is 11.8 Å². The van der Waals surface area contributed by atoms with Gasteiger partial charge in [0.2, 0.25) is 0 Å². The monoisotopic (exact) mass is 255 g/mol. The summed E-state index contributed by atoms with van der Waals surface area (Å²) in [5, 5.41) is 5.55. The highest BCUT2D eigenvalue weighted by Crippen LogP contribution is 2.20. The van der Waals surface area contributed by atoms with Gasteiger partial charge in [-0.2, -0.15) is 0 Å². The fourth-order valence-corrected chi connectivity index (χ4v) is 1.88. The third-order valence-corrected chi connectivity index (χ3v) is 3.43. The molecule has 2 N–H and O–H groups in total. The number of hydrogen-bond acceptors (Lipinski definition) is 4. The molecule has 94 valence electrons. The van der Waals surface area contributed by atoms with Crippen molar-refractivity contribution >= 4 is 28.3 Å². The van der Waals surface area contributed by atoms with Gasteiger partial charge in [0.05, 0.1) is 5.69 Å². The minimum atomic E-state index is -0.668. The van der Waals surface area contributed by atoms with Crippen molar-refractivity contribution in [2.45, 2.75) is 40.2 Å². The normalized spacial score (nSPS) is 12.0. The van der Waals surface area contributed by atoms with Crippen LogP contribution >= 0.6 is 11.3 Å². The first kappa shape index (κ1) is 13.6. The van der Waals surface area contributed by atoms with Crippen molar-refractivity contribution in [3.05, 3.63) is 10.6 Å². The maximum Gasteiger partial charge on any atom is 0.315 e. The molecule has 0 aliphatic carbocycles. The number of carbonyl (C=O) groups excluding carboxylic acids is 2. The number of nitrogens with zero attached hydrogens (tertiary/aromatic N) is 1. The summed E-state index contributed by atoms with van der Waals surface area (Å²) in [6.07, 6.45) is 0.786. The van der Waals surface area contributed by atoms with Crippen LogP contribution in [0.25, 0.3) is 0 Å². The van der Waals surface area contributed by atoms with Crippen LogP contribution in [-0.4, -0.2) is 22.8 Å². The van der Waals surface area contributed by atoms with Gasteiger partial charge in [0, 0.05) is 10.9 Å². The Morgan fingerprint density at radius 3 is 2.47 bits per heavy atom. The summed E-state index contributed by atoms with van der Waals surface area (Å²) in [7, 11) is 0. The second kappa shape index (κ2) is 5.77. The van der Waals surface area contributed by atoms with Crippen LogP contribution in [0.4, 0.5) is 5.13 Å². The zero-order chi connectivity index (χ0) is 13.0. The van der Waals surface area contributed by atoms with Crippen LogP contribution in [0.3, 0.4) is 0 Å². The molecule has 5 nitrogen and oxygen atoms in total. The van der Waals surface area contributed by atoms with E-state index in [-0.39, 0.29) is 6.04 Å². The van der Waals surface area contributed by atoms with E-state index in [1.165, 1.54) is 11.3 Å². The first-order chi connectivity index (χ1) is 7.93. The SMILES string of the molecule is CCC(C)NC(=O)C(=O)Nc1nc(C)c(C)s1. The zero-order valence-corrected chi connectivity index (χ0v) is 11.3. The minimum absolute atomic E-state index is 0.00647. The van der Waals surface area contributed by atoms with Crippen molar-refractivity contribution in [2.24, 2.45) is 0 Å². The lowest BCUT2D eigenvalue weighted by Gasteiger charge is -2.10. The molecule has 0 saturated heterocycles. The molecule has 0 aromatic carbocycles. The van der Waals surface area contributed by atoms with Crippen LogP contribution in [0, 0.1) is 13.8 Å². The van der Waals surface area contributed by atoms with E-state index in [0.29, 0.717) is 5.13 Å². The summed E-state index contributed by atoms with van der Waals surface area (Å²) in [4.78, 5) is 28.2. The summed E-state index contributed by atoms with van der Waals surface area (Å²) >= 11 is 1.36. The van der Waals surface area contributed by atoms with Crippen LogP contribution in [0.15, 0.2) is 0 Å². The Balaban J connectivity index is 2.57. The molecule has 0 aliphatic rings. The summed E-state index contributed by atoms with van der Waals surface area (Å²) in [5.41, 5.74) is 0.868. The number of hydrogen-bond donors (Lipinski definition) is 2. The predicted octanol–water partition coefficient (Wildman–Crippen LogP) is 1.61. The van der Waals surface area contributed by atoms with Crippen molar-refractivity contribution in [3.63, 3.8) is 0 Å². The van der Waals surface area contributed by atoms with E-state index in [2.05, 4.69) is 15.6 Å². The maximum absolute atomic E-state index is 11.5. The fraction of sp³-hybridized carbons (Fsp3) is 0.545. The molecular weight excluding hydrogens is 238 g/mol. The van der Waals surface area contributed by atoms with E-state index in [1.54, 1.807) is 0 Å². The van der Waals surface area contributed by atoms with E-state index in [0.717, 1.165) is 17.0 Å². The lowest BCUT2D eigenvalue weighted by Crippen LogP contribution is -2.40. The smallest absolute Gasteiger partial charge is 0.315 e. The molecule has 17 heavy (non-hydrogen) atoms. The summed E-state index contributed by atoms with van der Waals surface area (Å²) in [6, 6.07) is -0.00647. The Hall–Kier alpha value is -1.43. The Morgan fingerprint density at radius 1 is 1.35 bits per heavy atom. The molecule has 2 amide bonds. The van der Waals surface area contributed by atoms with Crippen LogP contribution in [0.5, 0.6) is 0 Å². The largest absolute Gasteiger partial charge is 0.345 e. The molecule has 1 rings (SSSR count).